The summed E-state index contributed by atoms with van der Waals surface area (Å²) >= 11 is 12.3. The van der Waals surface area contributed by atoms with Gasteiger partial charge < -0.3 is 24.3 Å². The highest BCUT2D eigenvalue weighted by molar-refractivity contribution is 6.33. The molecule has 0 unspecified atom stereocenters. The highest BCUT2D eigenvalue weighted by Crippen LogP contribution is 2.51. The van der Waals surface area contributed by atoms with Gasteiger partial charge >= 0.3 is 0 Å². The van der Waals surface area contributed by atoms with Gasteiger partial charge in [-0.1, -0.05) is 29.3 Å². The molecule has 3 heterocycles. The Morgan fingerprint density at radius 3 is 2.74 bits per heavy atom. The van der Waals surface area contributed by atoms with Crippen LogP contribution in [0.1, 0.15) is 43.5 Å². The van der Waals surface area contributed by atoms with Crippen molar-refractivity contribution in [3.63, 3.8) is 0 Å². The molecule has 164 valence electrons. The van der Waals surface area contributed by atoms with Crippen LogP contribution in [-0.4, -0.2) is 42.7 Å². The zero-order valence-electron chi connectivity index (χ0n) is 17.1. The summed E-state index contributed by atoms with van der Waals surface area (Å²) in [4.78, 5) is 8.48. The number of aromatic nitrogens is 3. The fourth-order valence-corrected chi connectivity index (χ4v) is 5.40. The van der Waals surface area contributed by atoms with Gasteiger partial charge in [0.25, 0.3) is 0 Å². The van der Waals surface area contributed by atoms with Crippen molar-refractivity contribution >= 4 is 34.2 Å². The minimum Gasteiger partial charge on any atom is -0.392 e. The van der Waals surface area contributed by atoms with E-state index >= 15 is 0 Å². The molecule has 2 N–H and O–H groups in total. The molecule has 0 spiro atoms. The number of halogens is 2. The first-order chi connectivity index (χ1) is 14.8. The summed E-state index contributed by atoms with van der Waals surface area (Å²) in [5.74, 6) is -1.03. The summed E-state index contributed by atoms with van der Waals surface area (Å²) < 4.78 is 14.6. The first-order valence-corrected chi connectivity index (χ1v) is 10.9. The Kier molecular flexibility index (Phi) is 5.24. The second-order valence-corrected chi connectivity index (χ2v) is 9.40. The van der Waals surface area contributed by atoms with Crippen LogP contribution in [-0.2, 0) is 16.1 Å². The van der Waals surface area contributed by atoms with Crippen molar-refractivity contribution in [2.45, 2.75) is 57.0 Å². The number of nitrogens with zero attached hydrogens (tertiary/aromatic N) is 3. The molecule has 1 aromatic carbocycles. The van der Waals surface area contributed by atoms with Crippen molar-refractivity contribution in [1.82, 2.24) is 14.5 Å². The lowest BCUT2D eigenvalue weighted by Crippen LogP contribution is -2.29. The van der Waals surface area contributed by atoms with E-state index in [1.165, 1.54) is 6.33 Å². The monoisotopic (exact) mass is 463 g/mol. The summed E-state index contributed by atoms with van der Waals surface area (Å²) in [5.41, 5.74) is 1.96. The molecule has 5 rings (SSSR count). The fourth-order valence-electron chi connectivity index (χ4n) is 5.01. The van der Waals surface area contributed by atoms with Crippen LogP contribution in [0.2, 0.25) is 10.2 Å². The Morgan fingerprint density at radius 1 is 1.19 bits per heavy atom. The van der Waals surface area contributed by atoms with Crippen LogP contribution in [0, 0.1) is 5.92 Å². The number of ether oxygens (including phenoxy) is 2. The highest BCUT2D eigenvalue weighted by atomic mass is 35.5. The Balaban J connectivity index is 1.55. The molecule has 1 saturated heterocycles. The Morgan fingerprint density at radius 2 is 1.97 bits per heavy atom. The van der Waals surface area contributed by atoms with Crippen LogP contribution in [0.5, 0.6) is 0 Å². The number of rotatable bonds is 4. The lowest BCUT2D eigenvalue weighted by Gasteiger charge is -2.27. The Labute approximate surface area is 189 Å². The number of hydrogen-bond acceptors (Lipinski definition) is 6. The van der Waals surface area contributed by atoms with Crippen molar-refractivity contribution in [1.29, 1.82) is 0 Å². The average Bonchev–Trinajstić information content (AvgIpc) is 3.38. The third-order valence-corrected chi connectivity index (χ3v) is 6.83. The topological polar surface area (TPSA) is 89.6 Å². The van der Waals surface area contributed by atoms with Gasteiger partial charge in [-0.3, -0.25) is 0 Å². The van der Waals surface area contributed by atoms with Gasteiger partial charge in [-0.15, -0.1) is 0 Å². The van der Waals surface area contributed by atoms with E-state index in [9.17, 15) is 10.2 Å². The molecule has 31 heavy (non-hydrogen) atoms. The summed E-state index contributed by atoms with van der Waals surface area (Å²) in [6.45, 7) is 3.54. The largest absolute Gasteiger partial charge is 0.392 e. The van der Waals surface area contributed by atoms with Gasteiger partial charge in [0.1, 0.15) is 23.2 Å². The van der Waals surface area contributed by atoms with Crippen molar-refractivity contribution in [2.75, 3.05) is 0 Å². The van der Waals surface area contributed by atoms with Gasteiger partial charge in [0.15, 0.2) is 5.79 Å². The van der Waals surface area contributed by atoms with Gasteiger partial charge in [-0.25, -0.2) is 9.97 Å². The maximum absolute atomic E-state index is 11.4. The van der Waals surface area contributed by atoms with Crippen molar-refractivity contribution in [3.8, 4) is 0 Å². The van der Waals surface area contributed by atoms with Crippen molar-refractivity contribution < 1.29 is 19.7 Å². The van der Waals surface area contributed by atoms with Crippen LogP contribution in [0.15, 0.2) is 36.8 Å². The molecule has 0 amide bonds. The SMILES string of the molecule is CC1(C)O[C@@H]2[C@@H]([C@@H](O)c3ccc(Cl)cc3CO)C[C@@H](n3ccc4c(Cl)ncnc43)[C@@H]2O1. The summed E-state index contributed by atoms with van der Waals surface area (Å²) in [7, 11) is 0. The quantitative estimate of drug-likeness (QED) is 0.567. The third kappa shape index (κ3) is 3.53. The molecule has 7 nitrogen and oxygen atoms in total. The zero-order valence-corrected chi connectivity index (χ0v) is 18.6. The molecule has 0 bridgehead atoms. The molecule has 2 aromatic heterocycles. The van der Waals surface area contributed by atoms with E-state index in [4.69, 9.17) is 32.7 Å². The predicted molar refractivity (Wildman–Crippen MR) is 116 cm³/mol. The van der Waals surface area contributed by atoms with E-state index in [-0.39, 0.29) is 30.8 Å². The van der Waals surface area contributed by atoms with Gasteiger partial charge in [0.2, 0.25) is 0 Å². The van der Waals surface area contributed by atoms with Gasteiger partial charge in [0, 0.05) is 17.1 Å². The Hall–Kier alpha value is -1.74. The van der Waals surface area contributed by atoms with Gasteiger partial charge in [-0.05, 0) is 49.6 Å². The van der Waals surface area contributed by atoms with E-state index in [0.717, 1.165) is 11.0 Å². The lowest BCUT2D eigenvalue weighted by atomic mass is 9.89. The van der Waals surface area contributed by atoms with Crippen LogP contribution in [0.25, 0.3) is 11.0 Å². The van der Waals surface area contributed by atoms with Crippen LogP contribution < -0.4 is 0 Å². The van der Waals surface area contributed by atoms with E-state index in [1.54, 1.807) is 18.2 Å². The van der Waals surface area contributed by atoms with Crippen LogP contribution >= 0.6 is 23.2 Å². The minimum atomic E-state index is -0.852. The third-order valence-electron chi connectivity index (χ3n) is 6.30. The zero-order chi connectivity index (χ0) is 21.9. The molecule has 2 aliphatic rings. The van der Waals surface area contributed by atoms with E-state index in [0.29, 0.717) is 27.7 Å². The first kappa shape index (κ1) is 21.1. The standard InChI is InChI=1S/C22H23Cl2N3O4/c1-22(2)30-18-15(17(29)13-4-3-12(23)7-11(13)9-28)8-16(19(18)31-22)27-6-5-14-20(24)25-10-26-21(14)27/h3-7,10,15-19,28-29H,8-9H2,1-2H3/t15-,16-,17+,18-,19+/m1/s1. The maximum atomic E-state index is 11.4. The maximum Gasteiger partial charge on any atom is 0.163 e. The number of hydrogen-bond donors (Lipinski definition) is 2. The van der Waals surface area contributed by atoms with Crippen molar-refractivity contribution in [2.24, 2.45) is 5.92 Å². The molecule has 5 atom stereocenters. The molecule has 3 aromatic rings. The van der Waals surface area contributed by atoms with E-state index in [1.807, 2.05) is 30.7 Å². The number of aliphatic hydroxyl groups is 2. The molecular weight excluding hydrogens is 441 g/mol. The van der Waals surface area contributed by atoms with Crippen molar-refractivity contribution in [3.05, 3.63) is 58.1 Å². The molecule has 0 radical (unpaired) electrons. The van der Waals surface area contributed by atoms with E-state index < -0.39 is 11.9 Å². The van der Waals surface area contributed by atoms with Crippen LogP contribution in [0.3, 0.4) is 0 Å². The summed E-state index contributed by atoms with van der Waals surface area (Å²) in [6, 6.07) is 6.94. The highest BCUT2D eigenvalue weighted by Gasteiger charge is 2.56. The smallest absolute Gasteiger partial charge is 0.163 e. The van der Waals surface area contributed by atoms with Gasteiger partial charge in [-0.2, -0.15) is 0 Å². The van der Waals surface area contributed by atoms with E-state index in [2.05, 4.69) is 9.97 Å². The molecule has 1 aliphatic heterocycles. The van der Waals surface area contributed by atoms with Crippen LogP contribution in [0.4, 0.5) is 0 Å². The average molecular weight is 464 g/mol. The summed E-state index contributed by atoms with van der Waals surface area (Å²) in [5, 5.41) is 22.8. The lowest BCUT2D eigenvalue weighted by molar-refractivity contribution is -0.165. The predicted octanol–water partition coefficient (Wildman–Crippen LogP) is 4.05. The molecular formula is C22H23Cl2N3O4. The molecule has 1 aliphatic carbocycles. The second kappa shape index (κ2) is 7.69. The summed E-state index contributed by atoms with van der Waals surface area (Å²) in [6.07, 6.45) is 2.52. The van der Waals surface area contributed by atoms with Gasteiger partial charge in [0.05, 0.1) is 30.2 Å². The molecule has 2 fully saturated rings. The second-order valence-electron chi connectivity index (χ2n) is 8.60. The Bertz CT molecular complexity index is 1140. The number of aliphatic hydroxyl groups excluding tert-OH is 2. The molecule has 1 saturated carbocycles. The fraction of sp³-hybridized carbons (Fsp3) is 0.455. The number of benzene rings is 1. The molecule has 9 heteroatoms. The minimum absolute atomic E-state index is 0.111. The normalized spacial score (nSPS) is 28.2. The first-order valence-electron chi connectivity index (χ1n) is 10.2. The number of fused-ring (bicyclic) bond motifs is 2.